The molecule has 0 atom stereocenters. The van der Waals surface area contributed by atoms with E-state index in [2.05, 4.69) is 10.9 Å². The van der Waals surface area contributed by atoms with E-state index in [9.17, 15) is 4.79 Å². The van der Waals surface area contributed by atoms with Gasteiger partial charge < -0.3 is 4.90 Å². The van der Waals surface area contributed by atoms with Crippen LogP contribution in [0.15, 0.2) is 6.20 Å². The lowest BCUT2D eigenvalue weighted by Crippen LogP contribution is -2.21. The van der Waals surface area contributed by atoms with Gasteiger partial charge in [0.2, 0.25) is 0 Å². The van der Waals surface area contributed by atoms with E-state index in [0.717, 1.165) is 0 Å². The lowest BCUT2D eigenvalue weighted by atomic mass is 10.5. The van der Waals surface area contributed by atoms with Crippen LogP contribution in [0.1, 0.15) is 14.7 Å². The predicted octanol–water partition coefficient (Wildman–Crippen LogP) is 0.826. The average molecular weight is 180 g/mol. The van der Waals surface area contributed by atoms with Gasteiger partial charge >= 0.3 is 0 Å². The molecular weight excluding hydrogens is 172 g/mol. The molecule has 12 heavy (non-hydrogen) atoms. The predicted molar refractivity (Wildman–Crippen MR) is 48.1 cm³/mol. The van der Waals surface area contributed by atoms with Gasteiger partial charge in [-0.15, -0.1) is 17.8 Å². The summed E-state index contributed by atoms with van der Waals surface area (Å²) < 4.78 is 0. The molecular formula is C8H8N2OS. The average Bonchev–Trinajstić information content (AvgIpc) is 2.50. The molecule has 1 aromatic rings. The smallest absolute Gasteiger partial charge is 0.282 e. The van der Waals surface area contributed by atoms with Crippen molar-refractivity contribution in [2.45, 2.75) is 0 Å². The maximum absolute atomic E-state index is 11.3. The Morgan fingerprint density at radius 1 is 1.75 bits per heavy atom. The third-order valence-electron chi connectivity index (χ3n) is 1.24. The molecule has 0 aliphatic rings. The second-order valence-electron chi connectivity index (χ2n) is 2.37. The molecule has 0 aliphatic heterocycles. The lowest BCUT2D eigenvalue weighted by Gasteiger charge is -2.05. The monoisotopic (exact) mass is 180 g/mol. The fourth-order valence-corrected chi connectivity index (χ4v) is 1.38. The number of hydrogen-bond donors (Lipinski definition) is 0. The highest BCUT2D eigenvalue weighted by atomic mass is 32.1. The first-order chi connectivity index (χ1) is 5.65. The molecule has 0 spiro atoms. The molecule has 1 heterocycles. The van der Waals surface area contributed by atoms with E-state index in [0.29, 0.717) is 9.88 Å². The fourth-order valence-electron chi connectivity index (χ4n) is 0.631. The highest BCUT2D eigenvalue weighted by Gasteiger charge is 2.11. The number of hydrogen-bond acceptors (Lipinski definition) is 3. The second kappa shape index (κ2) is 3.37. The summed E-state index contributed by atoms with van der Waals surface area (Å²) in [5.74, 6) is 2.32. The lowest BCUT2D eigenvalue weighted by molar-refractivity contribution is 0.0827. The van der Waals surface area contributed by atoms with E-state index in [1.807, 2.05) is 0 Å². The molecule has 4 heteroatoms. The molecule has 0 aliphatic carbocycles. The topological polar surface area (TPSA) is 33.2 Å². The van der Waals surface area contributed by atoms with Crippen molar-refractivity contribution < 1.29 is 4.79 Å². The fraction of sp³-hybridized carbons (Fsp3) is 0.250. The first-order valence-electron chi connectivity index (χ1n) is 3.29. The summed E-state index contributed by atoms with van der Waals surface area (Å²) in [7, 11) is 3.36. The molecule has 62 valence electrons. The van der Waals surface area contributed by atoms with Gasteiger partial charge in [-0.3, -0.25) is 4.79 Å². The molecule has 0 radical (unpaired) electrons. The minimum atomic E-state index is -0.110. The van der Waals surface area contributed by atoms with Gasteiger partial charge in [0.05, 0.1) is 11.1 Å². The van der Waals surface area contributed by atoms with E-state index in [-0.39, 0.29) is 5.91 Å². The van der Waals surface area contributed by atoms with Gasteiger partial charge in [0.25, 0.3) is 5.91 Å². The normalized spacial score (nSPS) is 9.08. The zero-order valence-electron chi connectivity index (χ0n) is 6.87. The van der Waals surface area contributed by atoms with Crippen molar-refractivity contribution in [2.75, 3.05) is 14.1 Å². The van der Waals surface area contributed by atoms with Crippen LogP contribution in [0.2, 0.25) is 0 Å². The SMILES string of the molecule is C#Cc1cnc(C(=O)N(C)C)s1. The Hall–Kier alpha value is -1.34. The summed E-state index contributed by atoms with van der Waals surface area (Å²) in [5.41, 5.74) is 0. The molecule has 0 N–H and O–H groups in total. The Bertz CT molecular complexity index is 335. The molecule has 1 aromatic heterocycles. The molecule has 1 rings (SSSR count). The van der Waals surface area contributed by atoms with Crippen LogP contribution in [0.4, 0.5) is 0 Å². The standard InChI is InChI=1S/C8H8N2OS/c1-4-6-5-9-7(12-6)8(11)10(2)3/h1,5H,2-3H3. The third kappa shape index (κ3) is 1.63. The molecule has 0 bridgehead atoms. The van der Waals surface area contributed by atoms with Gasteiger partial charge in [-0.25, -0.2) is 4.98 Å². The van der Waals surface area contributed by atoms with E-state index in [4.69, 9.17) is 6.42 Å². The maximum atomic E-state index is 11.3. The first-order valence-corrected chi connectivity index (χ1v) is 4.11. The Kier molecular flexibility index (Phi) is 2.46. The number of aromatic nitrogens is 1. The van der Waals surface area contributed by atoms with Crippen LogP contribution in [0.25, 0.3) is 0 Å². The van der Waals surface area contributed by atoms with E-state index < -0.39 is 0 Å². The largest absolute Gasteiger partial charge is 0.343 e. The quantitative estimate of drug-likeness (QED) is 0.600. The minimum Gasteiger partial charge on any atom is -0.343 e. The van der Waals surface area contributed by atoms with Crippen LogP contribution < -0.4 is 0 Å². The van der Waals surface area contributed by atoms with Crippen LogP contribution in [0.5, 0.6) is 0 Å². The summed E-state index contributed by atoms with van der Waals surface area (Å²) >= 11 is 1.23. The third-order valence-corrected chi connectivity index (χ3v) is 2.15. The van der Waals surface area contributed by atoms with Gasteiger partial charge in [0, 0.05) is 14.1 Å². The zero-order chi connectivity index (χ0) is 9.14. The van der Waals surface area contributed by atoms with Crippen LogP contribution in [-0.2, 0) is 0 Å². The maximum Gasteiger partial charge on any atom is 0.282 e. The summed E-state index contributed by atoms with van der Waals surface area (Å²) in [6.07, 6.45) is 6.66. The van der Waals surface area contributed by atoms with E-state index >= 15 is 0 Å². The second-order valence-corrected chi connectivity index (χ2v) is 3.40. The molecule has 0 saturated heterocycles. The van der Waals surface area contributed by atoms with Crippen molar-refractivity contribution in [3.8, 4) is 12.3 Å². The Morgan fingerprint density at radius 3 is 2.83 bits per heavy atom. The van der Waals surface area contributed by atoms with Gasteiger partial charge in [-0.2, -0.15) is 0 Å². The van der Waals surface area contributed by atoms with Gasteiger partial charge in [0.1, 0.15) is 0 Å². The van der Waals surface area contributed by atoms with Crippen LogP contribution in [-0.4, -0.2) is 29.9 Å². The Morgan fingerprint density at radius 2 is 2.42 bits per heavy atom. The number of carbonyl (C=O) groups excluding carboxylic acids is 1. The van der Waals surface area contributed by atoms with Gasteiger partial charge in [0.15, 0.2) is 5.01 Å². The van der Waals surface area contributed by atoms with Crippen LogP contribution in [0.3, 0.4) is 0 Å². The molecule has 0 unspecified atom stereocenters. The number of thiazole rings is 1. The molecule has 1 amide bonds. The van der Waals surface area contributed by atoms with Crippen molar-refractivity contribution in [3.63, 3.8) is 0 Å². The van der Waals surface area contributed by atoms with Gasteiger partial charge in [-0.1, -0.05) is 5.92 Å². The van der Waals surface area contributed by atoms with Crippen LogP contribution in [0, 0.1) is 12.3 Å². The first kappa shape index (κ1) is 8.75. The minimum absolute atomic E-state index is 0.110. The highest BCUT2D eigenvalue weighted by molar-refractivity contribution is 7.14. The number of nitrogens with zero attached hydrogens (tertiary/aromatic N) is 2. The number of amides is 1. The zero-order valence-corrected chi connectivity index (χ0v) is 7.68. The Balaban J connectivity index is 2.91. The number of carbonyl (C=O) groups is 1. The molecule has 0 aromatic carbocycles. The summed E-state index contributed by atoms with van der Waals surface area (Å²) in [5, 5.41) is 0.438. The summed E-state index contributed by atoms with van der Waals surface area (Å²) in [6, 6.07) is 0. The van der Waals surface area contributed by atoms with E-state index in [1.165, 1.54) is 22.4 Å². The van der Waals surface area contributed by atoms with Crippen molar-refractivity contribution in [2.24, 2.45) is 0 Å². The van der Waals surface area contributed by atoms with Crippen LogP contribution >= 0.6 is 11.3 Å². The van der Waals surface area contributed by atoms with Crippen molar-refractivity contribution in [1.29, 1.82) is 0 Å². The van der Waals surface area contributed by atoms with Crippen molar-refractivity contribution in [1.82, 2.24) is 9.88 Å². The van der Waals surface area contributed by atoms with Crippen molar-refractivity contribution in [3.05, 3.63) is 16.1 Å². The molecule has 3 nitrogen and oxygen atoms in total. The van der Waals surface area contributed by atoms with Crippen molar-refractivity contribution >= 4 is 17.2 Å². The molecule has 0 saturated carbocycles. The van der Waals surface area contributed by atoms with Gasteiger partial charge in [-0.05, 0) is 0 Å². The summed E-state index contributed by atoms with van der Waals surface area (Å²) in [4.78, 5) is 17.3. The van der Waals surface area contributed by atoms with E-state index in [1.54, 1.807) is 14.1 Å². The highest BCUT2D eigenvalue weighted by Crippen LogP contribution is 2.12. The number of terminal acetylenes is 1. The summed E-state index contributed by atoms with van der Waals surface area (Å²) in [6.45, 7) is 0. The Labute approximate surface area is 75.0 Å². The molecule has 0 fully saturated rings. The number of rotatable bonds is 1.